The first kappa shape index (κ1) is 56.9. The van der Waals surface area contributed by atoms with Crippen molar-refractivity contribution in [3.05, 3.63) is 364 Å². The summed E-state index contributed by atoms with van der Waals surface area (Å²) in [5.74, 6) is 0. The zero-order chi connectivity index (χ0) is 57.8. The Morgan fingerprint density at radius 2 is 0.671 bits per heavy atom. The summed E-state index contributed by atoms with van der Waals surface area (Å²) < 4.78 is 4.85. The Kier molecular flexibility index (Phi) is 17.8. The van der Waals surface area contributed by atoms with Crippen LogP contribution in [0.25, 0.3) is 38.8 Å². The molecule has 11 aromatic carbocycles. The van der Waals surface area contributed by atoms with Crippen LogP contribution < -0.4 is 41.5 Å². The summed E-state index contributed by atoms with van der Waals surface area (Å²) in [7, 11) is -4.87. The minimum absolute atomic E-state index is 0.985. The molecule has 0 amide bonds. The molecule has 15 rings (SSSR count). The first-order valence-corrected chi connectivity index (χ1v) is 34.9. The Hall–Kier alpha value is -8.59. The maximum atomic E-state index is 4.78. The molecule has 85 heavy (non-hydrogen) atoms. The van der Waals surface area contributed by atoms with E-state index in [9.17, 15) is 0 Å². The smallest absolute Gasteiger partial charge is 0.179 e. The van der Waals surface area contributed by atoms with Gasteiger partial charge in [-0.1, -0.05) is 272 Å². The van der Waals surface area contributed by atoms with Gasteiger partial charge in [-0.05, 0) is 165 Å². The summed E-state index contributed by atoms with van der Waals surface area (Å²) in [5.41, 5.74) is 9.87. The van der Waals surface area contributed by atoms with Crippen LogP contribution in [0.4, 0.5) is 0 Å². The third kappa shape index (κ3) is 11.8. The molecule has 0 saturated carbocycles. The third-order valence-electron chi connectivity index (χ3n) is 16.1. The molecule has 0 atom stereocenters. The number of rotatable bonds is 9. The maximum Gasteiger partial charge on any atom is 0.179 e. The van der Waals surface area contributed by atoms with E-state index < -0.39 is 16.1 Å². The lowest BCUT2D eigenvalue weighted by atomic mass is 10.1. The van der Waals surface area contributed by atoms with Crippen molar-refractivity contribution >= 4 is 125 Å². The number of halogens is 2. The highest BCUT2D eigenvalue weighted by Gasteiger charge is 2.42. The largest absolute Gasteiger partial charge is 0.294 e. The van der Waals surface area contributed by atoms with E-state index in [1.807, 2.05) is 24.5 Å². The van der Waals surface area contributed by atoms with E-state index in [0.29, 0.717) is 0 Å². The van der Waals surface area contributed by atoms with Crippen LogP contribution in [0.1, 0.15) is 16.8 Å². The number of aryl methyl sites for hydroxylation is 1. The van der Waals surface area contributed by atoms with Gasteiger partial charge in [-0.15, -0.1) is 0 Å². The van der Waals surface area contributed by atoms with Crippen LogP contribution >= 0.6 is 45.2 Å². The Labute approximate surface area is 528 Å². The number of hydrogen-bond donors (Lipinski definition) is 0. The van der Waals surface area contributed by atoms with Crippen molar-refractivity contribution in [1.82, 2.24) is 14.5 Å². The van der Waals surface area contributed by atoms with Gasteiger partial charge in [0, 0.05) is 48.0 Å². The number of benzene rings is 11. The summed E-state index contributed by atoms with van der Waals surface area (Å²) in [6.45, 7) is 2.09. The predicted molar refractivity (Wildman–Crippen MR) is 381 cm³/mol. The second-order valence-electron chi connectivity index (χ2n) is 21.1. The summed E-state index contributed by atoms with van der Waals surface area (Å²) in [4.78, 5) is 9.15. The lowest BCUT2D eigenvalue weighted by Crippen LogP contribution is -2.74. The maximum absolute atomic E-state index is 4.78. The van der Waals surface area contributed by atoms with Crippen molar-refractivity contribution in [2.75, 3.05) is 0 Å². The molecule has 0 aliphatic heterocycles. The summed E-state index contributed by atoms with van der Waals surface area (Å²) in [6, 6.07) is 118. The molecule has 0 saturated heterocycles. The van der Waals surface area contributed by atoms with Crippen molar-refractivity contribution in [1.29, 1.82) is 0 Å². The van der Waals surface area contributed by atoms with Gasteiger partial charge in [0.2, 0.25) is 0 Å². The molecular formula is C78H61I2N3Si2. The highest BCUT2D eigenvalue weighted by atomic mass is 127. The normalized spacial score (nSPS) is 11.4. The third-order valence-corrected chi connectivity index (χ3v) is 27.1. The van der Waals surface area contributed by atoms with Gasteiger partial charge in [-0.2, -0.15) is 0 Å². The van der Waals surface area contributed by atoms with Crippen molar-refractivity contribution in [3.8, 4) is 16.8 Å². The number of pyridine rings is 2. The average Bonchev–Trinajstić information content (AvgIpc) is 2.79. The van der Waals surface area contributed by atoms with Crippen LogP contribution in [0, 0.1) is 14.1 Å². The Bertz CT molecular complexity index is 4120. The van der Waals surface area contributed by atoms with E-state index in [1.54, 1.807) is 0 Å². The van der Waals surface area contributed by atoms with E-state index >= 15 is 0 Å². The fourth-order valence-corrected chi connectivity index (χ4v) is 22.4. The topological polar surface area (TPSA) is 30.7 Å². The van der Waals surface area contributed by atoms with Crippen LogP contribution in [-0.4, -0.2) is 30.7 Å². The molecule has 3 heterocycles. The lowest BCUT2D eigenvalue weighted by Gasteiger charge is -2.34. The van der Waals surface area contributed by atoms with Gasteiger partial charge in [0.15, 0.2) is 16.1 Å². The first-order chi connectivity index (χ1) is 41.9. The predicted octanol–water partition coefficient (Wildman–Crippen LogP) is 14.5. The number of aromatic nitrogens is 3. The molecule has 1 aliphatic rings. The monoisotopic (exact) mass is 1350 g/mol. The molecule has 0 radical (unpaired) electrons. The second-order valence-corrected chi connectivity index (χ2v) is 31.2. The summed E-state index contributed by atoms with van der Waals surface area (Å²) >= 11 is 4.68. The van der Waals surface area contributed by atoms with Gasteiger partial charge < -0.3 is 0 Å². The van der Waals surface area contributed by atoms with E-state index in [-0.39, 0.29) is 0 Å². The highest BCUT2D eigenvalue weighted by Crippen LogP contribution is 2.35. The zero-order valence-electron chi connectivity index (χ0n) is 47.1. The summed E-state index contributed by atoms with van der Waals surface area (Å²) in [5, 5.41) is 13.6. The van der Waals surface area contributed by atoms with E-state index in [4.69, 9.17) is 4.98 Å². The van der Waals surface area contributed by atoms with Crippen LogP contribution in [-0.2, 0) is 6.42 Å². The van der Waals surface area contributed by atoms with Crippen LogP contribution in [0.15, 0.2) is 340 Å². The number of hydrogen-bond acceptors (Lipinski definition) is 2. The Morgan fingerprint density at radius 3 is 1.14 bits per heavy atom. The Balaban J connectivity index is 0.000000128. The van der Waals surface area contributed by atoms with Crippen molar-refractivity contribution in [2.24, 2.45) is 0 Å². The second kappa shape index (κ2) is 26.6. The van der Waals surface area contributed by atoms with Gasteiger partial charge in [-0.3, -0.25) is 9.55 Å². The minimum Gasteiger partial charge on any atom is -0.294 e. The summed E-state index contributed by atoms with van der Waals surface area (Å²) in [6.07, 6.45) is 4.74. The molecule has 0 unspecified atom stereocenters. The molecule has 7 heteroatoms. The van der Waals surface area contributed by atoms with Gasteiger partial charge in [0.25, 0.3) is 0 Å². The molecule has 3 aromatic heterocycles. The van der Waals surface area contributed by atoms with Crippen LogP contribution in [0.5, 0.6) is 0 Å². The quantitative estimate of drug-likeness (QED) is 0.0819. The molecule has 0 fully saturated rings. The minimum atomic E-state index is -2.54. The van der Waals surface area contributed by atoms with Crippen LogP contribution in [0.3, 0.4) is 0 Å². The Morgan fingerprint density at radius 1 is 0.318 bits per heavy atom. The number of para-hydroxylation sites is 1. The number of fused-ring (bicyclic) bond motifs is 6. The fraction of sp³-hybridized carbons (Fsp3) is 0.0256. The van der Waals surface area contributed by atoms with Crippen molar-refractivity contribution < 1.29 is 0 Å². The zero-order valence-corrected chi connectivity index (χ0v) is 53.5. The van der Waals surface area contributed by atoms with Crippen molar-refractivity contribution in [3.63, 3.8) is 0 Å². The van der Waals surface area contributed by atoms with Gasteiger partial charge in [0.1, 0.15) is 5.65 Å². The van der Waals surface area contributed by atoms with Crippen molar-refractivity contribution in [2.45, 2.75) is 13.3 Å². The van der Waals surface area contributed by atoms with Gasteiger partial charge in [-0.25, -0.2) is 4.98 Å². The highest BCUT2D eigenvalue weighted by molar-refractivity contribution is 14.1. The molecule has 0 bridgehead atoms. The van der Waals surface area contributed by atoms with E-state index in [2.05, 4.69) is 377 Å². The molecule has 14 aromatic rings. The standard InChI is InChI=1S/C35H26N2Si.C24H19ISi.C12H9N.C7H7I/c1-4-13-28(14-5-1)38(29-15-6-2-7-16-29,30-17-8-3-9-18-30)31-24-22-27(23-25-31)37-34-21-11-10-19-32(34)33-20-12-26-36-35(33)37;25-20-16-18-24(19-17-20)26(21-10-4-1-5-11-21,22-12-6-2-7-13-22)23-14-8-3-9-15-23;1-2-5-10-9(4-1)8-12-11(10)6-3-7-13-12;1-6-2-4-7(8)5-3-6/h1-26H;1-19H;1-7H,8H2;2-5H,1H3. The average molecular weight is 1350 g/mol. The van der Waals surface area contributed by atoms with Gasteiger partial charge >= 0.3 is 0 Å². The SMILES string of the molecule is Cc1ccc(I)cc1.Ic1ccc([Si](c2ccccc2)(c2ccccc2)c2ccccc2)cc1.c1ccc([Si](c2ccccc2)(c2ccccc2)c2ccc(-n3c4ccccc4c4cccnc43)cc2)cc1.c1ccc2c(c1)Cc1ncccc1-2. The first-order valence-electron chi connectivity index (χ1n) is 28.7. The molecule has 0 N–H and O–H groups in total. The number of nitrogens with zero attached hydrogens (tertiary/aromatic N) is 3. The molecule has 1 aliphatic carbocycles. The molecule has 3 nitrogen and oxygen atoms in total. The van der Waals surface area contributed by atoms with E-state index in [0.717, 1.165) is 17.8 Å². The molecule has 0 spiro atoms. The van der Waals surface area contributed by atoms with Crippen LogP contribution in [0.2, 0.25) is 0 Å². The fourth-order valence-electron chi connectivity index (χ4n) is 12.2. The van der Waals surface area contributed by atoms with E-state index in [1.165, 1.54) is 92.9 Å². The van der Waals surface area contributed by atoms with Gasteiger partial charge in [0.05, 0.1) is 11.2 Å². The molecule has 410 valence electrons. The molecular weight excluding hydrogens is 1290 g/mol. The lowest BCUT2D eigenvalue weighted by molar-refractivity contribution is 1.12.